The fraction of sp³-hybridized carbons (Fsp3) is 0.409. The smallest absolute Gasteiger partial charge is 0.340 e. The van der Waals surface area contributed by atoms with Gasteiger partial charge in [-0.1, -0.05) is 18.2 Å². The number of carbonyl (C=O) groups is 1. The van der Waals surface area contributed by atoms with E-state index >= 15 is 0 Å². The fourth-order valence-corrected chi connectivity index (χ4v) is 7.63. The molecule has 0 N–H and O–H groups in total. The van der Waals surface area contributed by atoms with Gasteiger partial charge in [-0.3, -0.25) is 4.79 Å². The number of sulfone groups is 1. The maximum atomic E-state index is 14.7. The zero-order valence-corrected chi connectivity index (χ0v) is 18.7. The second kappa shape index (κ2) is 8.12. The molecule has 0 saturated carbocycles. The van der Waals surface area contributed by atoms with Crippen LogP contribution in [0.25, 0.3) is 0 Å². The van der Waals surface area contributed by atoms with Crippen molar-refractivity contribution in [1.29, 1.82) is 0 Å². The van der Waals surface area contributed by atoms with Gasteiger partial charge in [-0.25, -0.2) is 21.6 Å². The minimum atomic E-state index is -6.37. The predicted molar refractivity (Wildman–Crippen MR) is 106 cm³/mol. The lowest BCUT2D eigenvalue weighted by Gasteiger charge is -2.42. The Balaban J connectivity index is 1.97. The van der Waals surface area contributed by atoms with Crippen LogP contribution in [0.1, 0.15) is 29.5 Å². The van der Waals surface area contributed by atoms with Gasteiger partial charge in [0.1, 0.15) is 4.75 Å². The first kappa shape index (κ1) is 26.3. The normalized spacial score (nSPS) is 22.8. The van der Waals surface area contributed by atoms with Crippen LogP contribution in [0.3, 0.4) is 0 Å². The largest absolute Gasteiger partial charge is 0.435 e. The summed E-state index contributed by atoms with van der Waals surface area (Å²) in [4.78, 5) is 12.0. The van der Waals surface area contributed by atoms with E-state index in [2.05, 4.69) is 0 Å². The molecule has 0 radical (unpaired) electrons. The summed E-state index contributed by atoms with van der Waals surface area (Å²) < 4.78 is 147. The van der Waals surface area contributed by atoms with E-state index in [1.54, 1.807) is 0 Å². The first-order valence-electron chi connectivity index (χ1n) is 10.4. The van der Waals surface area contributed by atoms with Crippen LogP contribution < -0.4 is 0 Å². The summed E-state index contributed by atoms with van der Waals surface area (Å²) in [6.45, 7) is -0.142. The number of rotatable bonds is 4. The zero-order valence-electron chi connectivity index (χ0n) is 17.9. The number of alkyl halides is 7. The summed E-state index contributed by atoms with van der Waals surface area (Å²) in [5.74, 6) is -2.85. The lowest BCUT2D eigenvalue weighted by atomic mass is 9.77. The molecule has 1 amide bonds. The van der Waals surface area contributed by atoms with Gasteiger partial charge in [0.15, 0.2) is 21.5 Å². The Morgan fingerprint density at radius 2 is 1.56 bits per heavy atom. The van der Waals surface area contributed by atoms with Gasteiger partial charge in [0.05, 0.1) is 10.9 Å². The quantitative estimate of drug-likeness (QED) is 0.305. The maximum Gasteiger partial charge on any atom is 0.435 e. The van der Waals surface area contributed by atoms with Crippen molar-refractivity contribution in [2.24, 2.45) is 0 Å². The number of hydrogen-bond acceptors (Lipinski definition) is 3. The Bertz CT molecular complexity index is 1310. The van der Waals surface area contributed by atoms with Crippen molar-refractivity contribution in [3.8, 4) is 0 Å². The Morgan fingerprint density at radius 3 is 2.11 bits per heavy atom. The maximum absolute atomic E-state index is 14.7. The fourth-order valence-electron chi connectivity index (χ4n) is 5.25. The topological polar surface area (TPSA) is 54.5 Å². The van der Waals surface area contributed by atoms with Crippen molar-refractivity contribution in [3.63, 3.8) is 0 Å². The van der Waals surface area contributed by atoms with Gasteiger partial charge in [-0.2, -0.15) is 26.3 Å². The SMILES string of the molecule is O=CN1CCC2(S(=O)(=O)c3ccc(F)c(F)c3)c3ccc(C(F)(C(F)(F)F)C(F)(F)F)cc3CCC12. The third-order valence-corrected chi connectivity index (χ3v) is 9.45. The van der Waals surface area contributed by atoms with E-state index in [1.807, 2.05) is 0 Å². The van der Waals surface area contributed by atoms with Crippen molar-refractivity contribution in [2.45, 2.75) is 53.0 Å². The van der Waals surface area contributed by atoms with E-state index in [0.717, 1.165) is 11.0 Å². The predicted octanol–water partition coefficient (Wildman–Crippen LogP) is 5.10. The van der Waals surface area contributed by atoms with Crippen molar-refractivity contribution in [3.05, 3.63) is 64.7 Å². The summed E-state index contributed by atoms with van der Waals surface area (Å²) in [6.07, 6.45) is -13.2. The first-order chi connectivity index (χ1) is 16.5. The number of likely N-dealkylation sites (tertiary alicyclic amines) is 1. The van der Waals surface area contributed by atoms with Gasteiger partial charge >= 0.3 is 18.0 Å². The molecule has 4 nitrogen and oxygen atoms in total. The van der Waals surface area contributed by atoms with Crippen LogP contribution in [-0.4, -0.2) is 44.7 Å². The van der Waals surface area contributed by atoms with Crippen molar-refractivity contribution < 1.29 is 52.7 Å². The van der Waals surface area contributed by atoms with E-state index in [1.165, 1.54) is 0 Å². The molecule has 2 atom stereocenters. The van der Waals surface area contributed by atoms with Gasteiger partial charge in [0, 0.05) is 12.1 Å². The van der Waals surface area contributed by atoms with Crippen LogP contribution in [0.2, 0.25) is 0 Å². The Morgan fingerprint density at radius 1 is 0.917 bits per heavy atom. The molecule has 1 fully saturated rings. The van der Waals surface area contributed by atoms with Gasteiger partial charge in [-0.15, -0.1) is 0 Å². The van der Waals surface area contributed by atoms with E-state index < -0.39 is 60.7 Å². The van der Waals surface area contributed by atoms with Gasteiger partial charge in [0.2, 0.25) is 6.41 Å². The molecule has 1 saturated heterocycles. The minimum Gasteiger partial charge on any atom is -0.340 e. The molecule has 2 unspecified atom stereocenters. The Hall–Kier alpha value is -2.77. The Labute approximate surface area is 198 Å². The number of hydrogen-bond donors (Lipinski definition) is 0. The second-order valence-electron chi connectivity index (χ2n) is 8.64. The highest BCUT2D eigenvalue weighted by Gasteiger charge is 2.73. The zero-order chi connectivity index (χ0) is 26.9. The molecule has 0 bridgehead atoms. The van der Waals surface area contributed by atoms with Gasteiger partial charge in [-0.05, 0) is 48.6 Å². The highest BCUT2D eigenvalue weighted by molar-refractivity contribution is 7.92. The van der Waals surface area contributed by atoms with E-state index in [0.29, 0.717) is 30.7 Å². The average Bonchev–Trinajstić information content (AvgIpc) is 3.19. The molecule has 2 aromatic rings. The summed E-state index contributed by atoms with van der Waals surface area (Å²) in [7, 11) is -4.71. The lowest BCUT2D eigenvalue weighted by molar-refractivity contribution is -0.348. The third-order valence-electron chi connectivity index (χ3n) is 6.92. The first-order valence-corrected chi connectivity index (χ1v) is 11.9. The summed E-state index contributed by atoms with van der Waals surface area (Å²) in [6, 6.07) is 1.85. The summed E-state index contributed by atoms with van der Waals surface area (Å²) in [5.41, 5.74) is -8.02. The number of nitrogens with zero attached hydrogens (tertiary/aromatic N) is 1. The van der Waals surface area contributed by atoms with Crippen LogP contribution >= 0.6 is 0 Å². The molecule has 2 aromatic carbocycles. The van der Waals surface area contributed by atoms with Crippen molar-refractivity contribution >= 4 is 16.2 Å². The van der Waals surface area contributed by atoms with E-state index in [9.17, 15) is 52.7 Å². The molecule has 2 aliphatic rings. The molecule has 1 aliphatic heterocycles. The molecule has 196 valence electrons. The van der Waals surface area contributed by atoms with Crippen LogP contribution in [0, 0.1) is 11.6 Å². The van der Waals surface area contributed by atoms with Gasteiger partial charge < -0.3 is 4.90 Å². The molecule has 1 aliphatic carbocycles. The highest BCUT2D eigenvalue weighted by atomic mass is 32.2. The molecule has 0 aromatic heterocycles. The van der Waals surface area contributed by atoms with Gasteiger partial charge in [0.25, 0.3) is 0 Å². The minimum absolute atomic E-state index is 0.142. The number of fused-ring (bicyclic) bond motifs is 3. The molecule has 1 heterocycles. The number of carbonyl (C=O) groups excluding carboxylic acids is 1. The van der Waals surface area contributed by atoms with Crippen molar-refractivity contribution in [2.75, 3.05) is 6.54 Å². The number of aryl methyl sites for hydroxylation is 1. The average molecular weight is 545 g/mol. The number of amides is 1. The molecular formula is C22H16F9NO3S. The molecular weight excluding hydrogens is 529 g/mol. The summed E-state index contributed by atoms with van der Waals surface area (Å²) in [5, 5.41) is 0. The van der Waals surface area contributed by atoms with E-state index in [4.69, 9.17) is 0 Å². The molecule has 4 rings (SSSR count). The highest BCUT2D eigenvalue weighted by Crippen LogP contribution is 2.56. The number of halogens is 9. The van der Waals surface area contributed by atoms with E-state index in [-0.39, 0.29) is 43.0 Å². The van der Waals surface area contributed by atoms with Crippen molar-refractivity contribution in [1.82, 2.24) is 4.90 Å². The molecule has 14 heteroatoms. The summed E-state index contributed by atoms with van der Waals surface area (Å²) >= 11 is 0. The van der Waals surface area contributed by atoms with Crippen LogP contribution in [0.5, 0.6) is 0 Å². The van der Waals surface area contributed by atoms with Crippen LogP contribution in [0.15, 0.2) is 41.3 Å². The van der Waals surface area contributed by atoms with Crippen LogP contribution in [0.4, 0.5) is 39.5 Å². The number of benzene rings is 2. The lowest BCUT2D eigenvalue weighted by Crippen LogP contribution is -2.52. The molecule has 36 heavy (non-hydrogen) atoms. The second-order valence-corrected chi connectivity index (χ2v) is 10.8. The monoisotopic (exact) mass is 545 g/mol. The molecule has 0 spiro atoms. The standard InChI is InChI=1S/C22H16F9NO3S/c23-16-5-3-14(10-17(16)24)36(34,35)19-7-8-32(11-33)18(19)6-1-12-9-13(2-4-15(12)19)20(25,21(26,27)28)22(29,30)31/h2-5,9-11,18H,1,6-8H2. The van der Waals surface area contributed by atoms with Crippen LogP contribution in [-0.2, 0) is 31.5 Å². The Kier molecular flexibility index (Phi) is 5.93. The third kappa shape index (κ3) is 3.43.